The van der Waals surface area contributed by atoms with E-state index in [2.05, 4.69) is 10.3 Å². The number of halogens is 1. The number of oxazole rings is 1. The molecule has 3 rings (SSSR count). The summed E-state index contributed by atoms with van der Waals surface area (Å²) in [5.41, 5.74) is 2.54. The summed E-state index contributed by atoms with van der Waals surface area (Å²) in [6.07, 6.45) is 1.56. The lowest BCUT2D eigenvalue weighted by Gasteiger charge is -2.06. The number of thioether (sulfide) groups is 1. The maximum atomic E-state index is 12.9. The van der Waals surface area contributed by atoms with E-state index in [-0.39, 0.29) is 17.5 Å². The molecule has 24 heavy (non-hydrogen) atoms. The van der Waals surface area contributed by atoms with Crippen LogP contribution >= 0.6 is 11.8 Å². The molecule has 0 fully saturated rings. The van der Waals surface area contributed by atoms with E-state index >= 15 is 0 Å². The number of hydrogen-bond donors (Lipinski definition) is 1. The van der Waals surface area contributed by atoms with Crippen LogP contribution in [0, 0.1) is 12.7 Å². The standard InChI is InChI=1S/C18H15FN2O2S/c1-12-4-2-3-5-15(12)21-17(22)11-24-18-20-10-16(23-18)13-6-8-14(19)9-7-13/h2-10H,11H2,1H3,(H,21,22). The molecule has 1 aromatic heterocycles. The summed E-state index contributed by atoms with van der Waals surface area (Å²) in [7, 11) is 0. The van der Waals surface area contributed by atoms with Crippen molar-refractivity contribution >= 4 is 23.4 Å². The molecule has 122 valence electrons. The van der Waals surface area contributed by atoms with Gasteiger partial charge in [0.1, 0.15) is 5.82 Å². The predicted octanol–water partition coefficient (Wildman–Crippen LogP) is 4.52. The molecule has 1 heterocycles. The lowest BCUT2D eigenvalue weighted by Crippen LogP contribution is -2.14. The van der Waals surface area contributed by atoms with Crippen molar-refractivity contribution in [1.29, 1.82) is 0 Å². The Morgan fingerprint density at radius 2 is 1.96 bits per heavy atom. The first-order valence-corrected chi connectivity index (χ1v) is 8.30. The van der Waals surface area contributed by atoms with Crippen molar-refractivity contribution in [1.82, 2.24) is 4.98 Å². The minimum Gasteiger partial charge on any atom is -0.431 e. The second-order valence-electron chi connectivity index (χ2n) is 5.15. The number of anilines is 1. The first kappa shape index (κ1) is 16.3. The molecule has 2 aromatic carbocycles. The highest BCUT2D eigenvalue weighted by molar-refractivity contribution is 7.99. The maximum absolute atomic E-state index is 12.9. The third-order valence-corrected chi connectivity index (χ3v) is 4.20. The molecule has 0 atom stereocenters. The summed E-state index contributed by atoms with van der Waals surface area (Å²) in [5.74, 6) is 0.297. The normalized spacial score (nSPS) is 10.6. The van der Waals surface area contributed by atoms with E-state index in [1.54, 1.807) is 18.3 Å². The maximum Gasteiger partial charge on any atom is 0.256 e. The molecule has 4 nitrogen and oxygen atoms in total. The molecule has 0 radical (unpaired) electrons. The van der Waals surface area contributed by atoms with Gasteiger partial charge in [0.25, 0.3) is 5.22 Å². The van der Waals surface area contributed by atoms with E-state index in [0.29, 0.717) is 11.0 Å². The third-order valence-electron chi connectivity index (χ3n) is 3.36. The molecule has 6 heteroatoms. The molecular weight excluding hydrogens is 327 g/mol. The number of nitrogens with one attached hydrogen (secondary N) is 1. The van der Waals surface area contributed by atoms with Crippen LogP contribution in [0.5, 0.6) is 0 Å². The average molecular weight is 342 g/mol. The highest BCUT2D eigenvalue weighted by Gasteiger charge is 2.10. The molecule has 0 aliphatic carbocycles. The number of nitrogens with zero attached hydrogens (tertiary/aromatic N) is 1. The SMILES string of the molecule is Cc1ccccc1NC(=O)CSc1ncc(-c2ccc(F)cc2)o1. The summed E-state index contributed by atoms with van der Waals surface area (Å²) >= 11 is 1.21. The zero-order valence-corrected chi connectivity index (χ0v) is 13.8. The Labute approximate surface area is 143 Å². The van der Waals surface area contributed by atoms with Crippen LogP contribution in [-0.2, 0) is 4.79 Å². The Hall–Kier alpha value is -2.60. The van der Waals surface area contributed by atoms with Crippen LogP contribution in [0.2, 0.25) is 0 Å². The van der Waals surface area contributed by atoms with Gasteiger partial charge in [0.2, 0.25) is 5.91 Å². The van der Waals surface area contributed by atoms with Crippen molar-refractivity contribution in [3.05, 3.63) is 66.1 Å². The fraction of sp³-hybridized carbons (Fsp3) is 0.111. The molecule has 0 saturated heterocycles. The van der Waals surface area contributed by atoms with Gasteiger partial charge >= 0.3 is 0 Å². The van der Waals surface area contributed by atoms with Crippen LogP contribution in [0.4, 0.5) is 10.1 Å². The molecule has 0 bridgehead atoms. The van der Waals surface area contributed by atoms with Crippen molar-refractivity contribution in [3.8, 4) is 11.3 Å². The van der Waals surface area contributed by atoms with Gasteiger partial charge in [-0.2, -0.15) is 0 Å². The van der Waals surface area contributed by atoms with E-state index < -0.39 is 0 Å². The Balaban J connectivity index is 1.58. The predicted molar refractivity (Wildman–Crippen MR) is 92.4 cm³/mol. The molecule has 0 saturated carbocycles. The highest BCUT2D eigenvalue weighted by atomic mass is 32.2. The Morgan fingerprint density at radius 1 is 1.21 bits per heavy atom. The molecule has 0 unspecified atom stereocenters. The average Bonchev–Trinajstić information content (AvgIpc) is 3.05. The number of rotatable bonds is 5. The summed E-state index contributed by atoms with van der Waals surface area (Å²) < 4.78 is 18.5. The molecule has 1 amide bonds. The quantitative estimate of drug-likeness (QED) is 0.693. The Morgan fingerprint density at radius 3 is 2.71 bits per heavy atom. The van der Waals surface area contributed by atoms with E-state index in [1.165, 1.54) is 23.9 Å². The van der Waals surface area contributed by atoms with Crippen molar-refractivity contribution in [2.45, 2.75) is 12.1 Å². The first-order chi connectivity index (χ1) is 11.6. The molecule has 0 spiro atoms. The van der Waals surface area contributed by atoms with Crippen molar-refractivity contribution in [2.24, 2.45) is 0 Å². The second kappa shape index (κ2) is 7.31. The number of carbonyl (C=O) groups is 1. The number of amides is 1. The van der Waals surface area contributed by atoms with Crippen LogP contribution in [-0.4, -0.2) is 16.6 Å². The van der Waals surface area contributed by atoms with Crippen molar-refractivity contribution < 1.29 is 13.6 Å². The number of aryl methyl sites for hydroxylation is 1. The molecule has 0 aliphatic rings. The fourth-order valence-corrected chi connectivity index (χ4v) is 2.70. The number of para-hydroxylation sites is 1. The van der Waals surface area contributed by atoms with Gasteiger partial charge in [-0.15, -0.1) is 0 Å². The topological polar surface area (TPSA) is 55.1 Å². The van der Waals surface area contributed by atoms with Gasteiger partial charge in [0, 0.05) is 11.3 Å². The van der Waals surface area contributed by atoms with Crippen LogP contribution in [0.1, 0.15) is 5.56 Å². The van der Waals surface area contributed by atoms with E-state index in [1.807, 2.05) is 31.2 Å². The lowest BCUT2D eigenvalue weighted by atomic mass is 10.2. The zero-order chi connectivity index (χ0) is 16.9. The summed E-state index contributed by atoms with van der Waals surface area (Å²) in [4.78, 5) is 16.1. The highest BCUT2D eigenvalue weighted by Crippen LogP contribution is 2.25. The van der Waals surface area contributed by atoms with Gasteiger partial charge in [0.05, 0.1) is 11.9 Å². The van der Waals surface area contributed by atoms with Gasteiger partial charge in [-0.25, -0.2) is 9.37 Å². The number of hydrogen-bond acceptors (Lipinski definition) is 4. The minimum atomic E-state index is -0.305. The van der Waals surface area contributed by atoms with E-state index in [0.717, 1.165) is 16.8 Å². The third kappa shape index (κ3) is 4.02. The van der Waals surface area contributed by atoms with E-state index in [9.17, 15) is 9.18 Å². The summed E-state index contributed by atoms with van der Waals surface area (Å²) in [6.45, 7) is 1.94. The van der Waals surface area contributed by atoms with Gasteiger partial charge in [0.15, 0.2) is 5.76 Å². The Bertz CT molecular complexity index is 846. The van der Waals surface area contributed by atoms with Crippen LogP contribution in [0.25, 0.3) is 11.3 Å². The van der Waals surface area contributed by atoms with Crippen LogP contribution in [0.15, 0.2) is 64.4 Å². The molecule has 0 aliphatic heterocycles. The van der Waals surface area contributed by atoms with Gasteiger partial charge < -0.3 is 9.73 Å². The van der Waals surface area contributed by atoms with Crippen molar-refractivity contribution in [3.63, 3.8) is 0 Å². The van der Waals surface area contributed by atoms with Gasteiger partial charge in [-0.3, -0.25) is 4.79 Å². The summed E-state index contributed by atoms with van der Waals surface area (Å²) in [6, 6.07) is 13.6. The first-order valence-electron chi connectivity index (χ1n) is 7.32. The molecule has 1 N–H and O–H groups in total. The molecular formula is C18H15FN2O2S. The monoisotopic (exact) mass is 342 g/mol. The van der Waals surface area contributed by atoms with Crippen LogP contribution < -0.4 is 5.32 Å². The van der Waals surface area contributed by atoms with E-state index in [4.69, 9.17) is 4.42 Å². The minimum absolute atomic E-state index is 0.129. The van der Waals surface area contributed by atoms with Gasteiger partial charge in [-0.05, 0) is 42.8 Å². The smallest absolute Gasteiger partial charge is 0.256 e. The zero-order valence-electron chi connectivity index (χ0n) is 13.0. The lowest BCUT2D eigenvalue weighted by molar-refractivity contribution is -0.113. The van der Waals surface area contributed by atoms with Gasteiger partial charge in [-0.1, -0.05) is 30.0 Å². The largest absolute Gasteiger partial charge is 0.431 e. The fourth-order valence-electron chi connectivity index (χ4n) is 2.10. The second-order valence-corrected chi connectivity index (χ2v) is 6.08. The molecule has 3 aromatic rings. The van der Waals surface area contributed by atoms with Crippen LogP contribution in [0.3, 0.4) is 0 Å². The van der Waals surface area contributed by atoms with Crippen molar-refractivity contribution in [2.75, 3.05) is 11.1 Å². The Kier molecular flexibility index (Phi) is 4.96. The summed E-state index contributed by atoms with van der Waals surface area (Å²) in [5, 5.41) is 3.25. The number of benzene rings is 2. The number of carbonyl (C=O) groups excluding carboxylic acids is 1. The number of aromatic nitrogens is 1.